The van der Waals surface area contributed by atoms with Crippen molar-refractivity contribution in [2.45, 2.75) is 39.4 Å². The van der Waals surface area contributed by atoms with Crippen LogP contribution in [0.4, 0.5) is 9.18 Å². The molecule has 0 amide bonds. The van der Waals surface area contributed by atoms with E-state index in [4.69, 9.17) is 25.8 Å². The van der Waals surface area contributed by atoms with Gasteiger partial charge in [0.15, 0.2) is 5.82 Å². The van der Waals surface area contributed by atoms with Crippen LogP contribution in [0.1, 0.15) is 32.0 Å². The van der Waals surface area contributed by atoms with Crippen LogP contribution in [-0.2, 0) is 27.3 Å². The zero-order valence-electron chi connectivity index (χ0n) is 22.0. The van der Waals surface area contributed by atoms with Crippen LogP contribution in [0.5, 0.6) is 5.75 Å². The first-order valence-corrected chi connectivity index (χ1v) is 12.7. The van der Waals surface area contributed by atoms with Crippen LogP contribution in [-0.4, -0.2) is 28.8 Å². The zero-order valence-corrected chi connectivity index (χ0v) is 22.8. The van der Waals surface area contributed by atoms with Crippen molar-refractivity contribution >= 4 is 34.6 Å². The van der Waals surface area contributed by atoms with Gasteiger partial charge in [-0.15, -0.1) is 0 Å². The van der Waals surface area contributed by atoms with Crippen molar-refractivity contribution in [2.24, 2.45) is 0 Å². The van der Waals surface area contributed by atoms with Crippen LogP contribution in [0, 0.1) is 5.82 Å². The van der Waals surface area contributed by atoms with Gasteiger partial charge in [-0.2, -0.15) is 0 Å². The fourth-order valence-corrected chi connectivity index (χ4v) is 4.15. The molecule has 4 rings (SSSR count). The fraction of sp³-hybridized carbons (Fsp3) is 0.226. The number of fused-ring (bicyclic) bond motifs is 1. The average Bonchev–Trinajstić information content (AvgIpc) is 3.27. The van der Waals surface area contributed by atoms with Gasteiger partial charge in [-0.05, 0) is 67.8 Å². The maximum atomic E-state index is 14.7. The zero-order chi connectivity index (χ0) is 28.2. The number of aromatic nitrogens is 1. The van der Waals surface area contributed by atoms with E-state index >= 15 is 0 Å². The van der Waals surface area contributed by atoms with Crippen molar-refractivity contribution in [1.29, 1.82) is 0 Å². The van der Waals surface area contributed by atoms with Crippen molar-refractivity contribution in [2.75, 3.05) is 6.61 Å². The molecule has 0 saturated heterocycles. The summed E-state index contributed by atoms with van der Waals surface area (Å²) in [5.74, 6) is -0.345. The van der Waals surface area contributed by atoms with Crippen LogP contribution in [0.3, 0.4) is 0 Å². The minimum absolute atomic E-state index is 0.000971. The molecule has 0 aliphatic rings. The fourth-order valence-electron chi connectivity index (χ4n) is 3.99. The van der Waals surface area contributed by atoms with Crippen molar-refractivity contribution in [3.05, 3.63) is 101 Å². The quantitative estimate of drug-likeness (QED) is 0.166. The molecule has 0 aliphatic heterocycles. The van der Waals surface area contributed by atoms with Crippen LogP contribution in [0.2, 0.25) is 5.02 Å². The van der Waals surface area contributed by atoms with Gasteiger partial charge in [0.25, 0.3) is 0 Å². The summed E-state index contributed by atoms with van der Waals surface area (Å²) in [4.78, 5) is 24.8. The molecule has 202 valence electrons. The Morgan fingerprint density at radius 1 is 1.00 bits per heavy atom. The molecule has 1 aromatic heterocycles. The number of hydrogen-bond acceptors (Lipinski definition) is 5. The first-order valence-electron chi connectivity index (χ1n) is 12.4. The molecule has 0 spiro atoms. The summed E-state index contributed by atoms with van der Waals surface area (Å²) in [6.07, 6.45) is 1.09. The van der Waals surface area contributed by atoms with Gasteiger partial charge in [-0.3, -0.25) is 4.79 Å². The van der Waals surface area contributed by atoms with Crippen LogP contribution in [0.15, 0.2) is 79.4 Å². The number of halogens is 2. The molecule has 0 bridgehead atoms. The number of benzene rings is 3. The molecule has 39 heavy (non-hydrogen) atoms. The summed E-state index contributed by atoms with van der Waals surface area (Å²) in [6, 6.07) is 19.6. The monoisotopic (exact) mass is 549 g/mol. The second-order valence-corrected chi connectivity index (χ2v) is 10.3. The first-order chi connectivity index (χ1) is 18.6. The molecule has 0 saturated carbocycles. The highest BCUT2D eigenvalue weighted by Gasteiger charge is 2.24. The molecule has 4 aromatic rings. The summed E-state index contributed by atoms with van der Waals surface area (Å²) in [7, 11) is 0. The van der Waals surface area contributed by atoms with Crippen molar-refractivity contribution in [1.82, 2.24) is 4.57 Å². The van der Waals surface area contributed by atoms with E-state index in [-0.39, 0.29) is 36.0 Å². The second kappa shape index (κ2) is 11.7. The van der Waals surface area contributed by atoms with Gasteiger partial charge in [0.1, 0.15) is 24.6 Å². The number of esters is 1. The highest BCUT2D eigenvalue weighted by molar-refractivity contribution is 6.31. The summed E-state index contributed by atoms with van der Waals surface area (Å²) in [5.41, 5.74) is 2.82. The predicted octanol–water partition coefficient (Wildman–Crippen LogP) is 7.73. The number of carbonyl (C=O) groups excluding carboxylic acids is 2. The standard InChI is InChI=1S/C31H29ClFNO5/c1-5-16-37-28(35)17-20-6-8-21(9-7-20)22-10-12-24(13-11-22)38-19-23-18-25-27(15-14-26(32)29(25)33)34(23)30(36)39-31(2,3)4/h5-15,18H,1,16-17,19H2,2-4H3. The Morgan fingerprint density at radius 3 is 2.26 bits per heavy atom. The molecule has 0 N–H and O–H groups in total. The third kappa shape index (κ3) is 6.86. The Labute approximate surface area is 231 Å². The molecule has 0 atom stereocenters. The molecular formula is C31H29ClFNO5. The topological polar surface area (TPSA) is 66.8 Å². The largest absolute Gasteiger partial charge is 0.487 e. The minimum Gasteiger partial charge on any atom is -0.487 e. The average molecular weight is 550 g/mol. The van der Waals surface area contributed by atoms with Crippen molar-refractivity contribution in [3.8, 4) is 16.9 Å². The summed E-state index contributed by atoms with van der Waals surface area (Å²) in [6.45, 7) is 9.01. The second-order valence-electron chi connectivity index (χ2n) is 9.90. The van der Waals surface area contributed by atoms with Crippen molar-refractivity contribution < 1.29 is 28.2 Å². The Bertz CT molecular complexity index is 1500. The molecule has 0 fully saturated rings. The summed E-state index contributed by atoms with van der Waals surface area (Å²) < 4.78 is 32.6. The molecule has 1 heterocycles. The Kier molecular flexibility index (Phi) is 8.41. The lowest BCUT2D eigenvalue weighted by molar-refractivity contribution is -0.141. The Balaban J connectivity index is 1.49. The smallest absolute Gasteiger partial charge is 0.419 e. The number of nitrogens with zero attached hydrogens (tertiary/aromatic N) is 1. The predicted molar refractivity (Wildman–Crippen MR) is 150 cm³/mol. The van der Waals surface area contributed by atoms with E-state index in [1.807, 2.05) is 48.5 Å². The normalized spacial score (nSPS) is 11.3. The molecule has 0 radical (unpaired) electrons. The minimum atomic E-state index is -0.736. The molecule has 0 unspecified atom stereocenters. The van der Waals surface area contributed by atoms with E-state index < -0.39 is 17.5 Å². The number of rotatable bonds is 8. The Hall–Kier alpha value is -4.10. The van der Waals surface area contributed by atoms with Crippen LogP contribution < -0.4 is 4.74 Å². The summed E-state index contributed by atoms with van der Waals surface area (Å²) in [5, 5.41) is 0.173. The first kappa shape index (κ1) is 27.9. The molecule has 0 aliphatic carbocycles. The van der Waals surface area contributed by atoms with E-state index in [9.17, 15) is 14.0 Å². The van der Waals surface area contributed by atoms with Gasteiger partial charge < -0.3 is 14.2 Å². The van der Waals surface area contributed by atoms with E-state index in [1.54, 1.807) is 32.9 Å². The molecule has 8 heteroatoms. The van der Waals surface area contributed by atoms with E-state index in [0.29, 0.717) is 17.0 Å². The van der Waals surface area contributed by atoms with Crippen molar-refractivity contribution in [3.63, 3.8) is 0 Å². The number of hydrogen-bond donors (Lipinski definition) is 0. The number of ether oxygens (including phenoxy) is 3. The van der Waals surface area contributed by atoms with Gasteiger partial charge in [0.05, 0.1) is 22.7 Å². The van der Waals surface area contributed by atoms with E-state index in [2.05, 4.69) is 6.58 Å². The van der Waals surface area contributed by atoms with Gasteiger partial charge in [-0.1, -0.05) is 60.7 Å². The Morgan fingerprint density at radius 2 is 1.64 bits per heavy atom. The van der Waals surface area contributed by atoms with Gasteiger partial charge >= 0.3 is 12.1 Å². The lowest BCUT2D eigenvalue weighted by Gasteiger charge is -2.21. The summed E-state index contributed by atoms with van der Waals surface area (Å²) >= 11 is 5.97. The van der Waals surface area contributed by atoms with Gasteiger partial charge in [0, 0.05) is 5.39 Å². The van der Waals surface area contributed by atoms with Gasteiger partial charge in [-0.25, -0.2) is 13.8 Å². The third-order valence-corrected chi connectivity index (χ3v) is 6.06. The third-order valence-electron chi connectivity index (χ3n) is 5.76. The molecular weight excluding hydrogens is 521 g/mol. The molecule has 6 nitrogen and oxygen atoms in total. The lowest BCUT2D eigenvalue weighted by atomic mass is 10.0. The van der Waals surface area contributed by atoms with Gasteiger partial charge in [0.2, 0.25) is 0 Å². The lowest BCUT2D eigenvalue weighted by Crippen LogP contribution is -2.28. The highest BCUT2D eigenvalue weighted by atomic mass is 35.5. The molecule has 3 aromatic carbocycles. The maximum Gasteiger partial charge on any atom is 0.419 e. The van der Waals surface area contributed by atoms with E-state index in [1.165, 1.54) is 16.7 Å². The van der Waals surface area contributed by atoms with E-state index in [0.717, 1.165) is 16.7 Å². The van der Waals surface area contributed by atoms with Crippen LogP contribution in [0.25, 0.3) is 22.0 Å². The van der Waals surface area contributed by atoms with Crippen LogP contribution >= 0.6 is 11.6 Å². The maximum absolute atomic E-state index is 14.7. The SMILES string of the molecule is C=CCOC(=O)Cc1ccc(-c2ccc(OCc3cc4c(F)c(Cl)ccc4n3C(=O)OC(C)(C)C)cc2)cc1. The number of carbonyl (C=O) groups is 2. The highest BCUT2D eigenvalue weighted by Crippen LogP contribution is 2.30.